The van der Waals surface area contributed by atoms with E-state index in [9.17, 15) is 0 Å². The fourth-order valence-corrected chi connectivity index (χ4v) is 4.01. The molecule has 30 heavy (non-hydrogen) atoms. The lowest BCUT2D eigenvalue weighted by Gasteiger charge is -2.33. The predicted molar refractivity (Wildman–Crippen MR) is 137 cm³/mol. The van der Waals surface area contributed by atoms with Gasteiger partial charge in [-0.15, -0.1) is 24.0 Å². The van der Waals surface area contributed by atoms with Crippen LogP contribution in [-0.4, -0.2) is 85.7 Å². The van der Waals surface area contributed by atoms with E-state index in [1.54, 1.807) is 0 Å². The summed E-state index contributed by atoms with van der Waals surface area (Å²) in [5.41, 5.74) is 1.14. The summed E-state index contributed by atoms with van der Waals surface area (Å²) >= 11 is 0. The summed E-state index contributed by atoms with van der Waals surface area (Å²) in [5, 5.41) is 7.05. The first-order chi connectivity index (χ1) is 14.0. The number of aliphatic imine (C=N–C) groups is 1. The van der Waals surface area contributed by atoms with Crippen LogP contribution in [0.15, 0.2) is 23.3 Å². The highest BCUT2D eigenvalue weighted by molar-refractivity contribution is 14.0. The van der Waals surface area contributed by atoms with Crippen molar-refractivity contribution in [3.8, 4) is 0 Å². The van der Waals surface area contributed by atoms with Gasteiger partial charge in [-0.25, -0.2) is 9.98 Å². The first-order valence-corrected chi connectivity index (χ1v) is 11.1. The van der Waals surface area contributed by atoms with Crippen molar-refractivity contribution in [1.29, 1.82) is 0 Å². The van der Waals surface area contributed by atoms with Crippen LogP contribution in [0.25, 0.3) is 0 Å². The number of aromatic nitrogens is 1. The Kier molecular flexibility index (Phi) is 10.1. The van der Waals surface area contributed by atoms with Gasteiger partial charge >= 0.3 is 0 Å². The molecule has 0 radical (unpaired) electrons. The SMILES string of the molecule is CCNC(=NCc1ccc(N2CCN(C)CC2)nc1)NC1CN(C(C)C)CC1C.I. The van der Waals surface area contributed by atoms with Crippen molar-refractivity contribution >= 4 is 35.8 Å². The molecule has 2 saturated heterocycles. The van der Waals surface area contributed by atoms with Gasteiger partial charge in [0, 0.05) is 64.1 Å². The van der Waals surface area contributed by atoms with Crippen LogP contribution < -0.4 is 15.5 Å². The van der Waals surface area contributed by atoms with E-state index >= 15 is 0 Å². The third-order valence-electron chi connectivity index (χ3n) is 6.09. The van der Waals surface area contributed by atoms with E-state index in [4.69, 9.17) is 4.99 Å². The van der Waals surface area contributed by atoms with Crippen molar-refractivity contribution in [1.82, 2.24) is 25.4 Å². The van der Waals surface area contributed by atoms with Crippen molar-refractivity contribution in [2.45, 2.75) is 46.3 Å². The summed E-state index contributed by atoms with van der Waals surface area (Å²) in [4.78, 5) is 16.8. The molecule has 1 aromatic rings. The molecule has 2 fully saturated rings. The molecule has 0 spiro atoms. The molecule has 0 aliphatic carbocycles. The Morgan fingerprint density at radius 2 is 1.93 bits per heavy atom. The minimum atomic E-state index is 0. The number of piperazine rings is 1. The number of likely N-dealkylation sites (tertiary alicyclic amines) is 1. The monoisotopic (exact) mass is 529 g/mol. The van der Waals surface area contributed by atoms with E-state index in [1.165, 1.54) is 0 Å². The zero-order valence-electron chi connectivity index (χ0n) is 19.3. The number of nitrogens with zero attached hydrogens (tertiary/aromatic N) is 5. The number of hydrogen-bond donors (Lipinski definition) is 2. The molecule has 0 saturated carbocycles. The Morgan fingerprint density at radius 1 is 1.20 bits per heavy atom. The molecule has 8 heteroatoms. The number of likely N-dealkylation sites (N-methyl/N-ethyl adjacent to an activating group) is 1. The van der Waals surface area contributed by atoms with Gasteiger partial charge in [0.25, 0.3) is 0 Å². The summed E-state index contributed by atoms with van der Waals surface area (Å²) in [6.07, 6.45) is 1.97. The maximum absolute atomic E-state index is 4.82. The highest BCUT2D eigenvalue weighted by atomic mass is 127. The maximum Gasteiger partial charge on any atom is 0.191 e. The maximum atomic E-state index is 4.82. The van der Waals surface area contributed by atoms with Crippen LogP contribution in [0, 0.1) is 5.92 Å². The zero-order chi connectivity index (χ0) is 20.8. The van der Waals surface area contributed by atoms with Crippen molar-refractivity contribution in [2.24, 2.45) is 10.9 Å². The fourth-order valence-electron chi connectivity index (χ4n) is 4.01. The number of pyridine rings is 1. The van der Waals surface area contributed by atoms with Crippen molar-refractivity contribution in [2.75, 3.05) is 57.8 Å². The Balaban J connectivity index is 0.00000320. The predicted octanol–water partition coefficient (Wildman–Crippen LogP) is 2.24. The first kappa shape index (κ1) is 25.1. The third kappa shape index (κ3) is 6.95. The number of rotatable bonds is 6. The molecule has 1 aromatic heterocycles. The van der Waals surface area contributed by atoms with Gasteiger partial charge in [0.15, 0.2) is 5.96 Å². The van der Waals surface area contributed by atoms with Crippen molar-refractivity contribution < 1.29 is 0 Å². The Bertz CT molecular complexity index is 656. The number of guanidine groups is 1. The topological polar surface area (TPSA) is 59.0 Å². The molecular weight excluding hydrogens is 489 g/mol. The standard InChI is InChI=1S/C22H39N7.HI/c1-6-23-22(26-20-16-29(17(2)3)15-18(20)4)25-14-19-7-8-21(24-13-19)28-11-9-27(5)10-12-28;/h7-8,13,17-18,20H,6,9-12,14-16H2,1-5H3,(H2,23,25,26);1H. The molecule has 7 nitrogen and oxygen atoms in total. The van der Waals surface area contributed by atoms with Crippen LogP contribution >= 0.6 is 24.0 Å². The van der Waals surface area contributed by atoms with Crippen LogP contribution in [0.4, 0.5) is 5.82 Å². The van der Waals surface area contributed by atoms with Crippen LogP contribution in [0.2, 0.25) is 0 Å². The summed E-state index contributed by atoms with van der Waals surface area (Å²) in [6.45, 7) is 17.0. The van der Waals surface area contributed by atoms with E-state index in [2.05, 4.69) is 77.2 Å². The molecule has 0 amide bonds. The number of nitrogens with one attached hydrogen (secondary N) is 2. The molecular formula is C22H40IN7. The van der Waals surface area contributed by atoms with Gasteiger partial charge in [-0.1, -0.05) is 13.0 Å². The van der Waals surface area contributed by atoms with E-state index in [0.29, 0.717) is 24.5 Å². The molecule has 2 aliphatic heterocycles. The second kappa shape index (κ2) is 12.0. The molecule has 3 rings (SSSR count). The lowest BCUT2D eigenvalue weighted by atomic mass is 10.1. The molecule has 170 valence electrons. The minimum absolute atomic E-state index is 0. The highest BCUT2D eigenvalue weighted by Crippen LogP contribution is 2.19. The molecule has 0 aromatic carbocycles. The molecule has 3 heterocycles. The molecule has 2 N–H and O–H groups in total. The summed E-state index contributed by atoms with van der Waals surface area (Å²) in [6, 6.07) is 5.32. The van der Waals surface area contributed by atoms with E-state index in [0.717, 1.165) is 63.2 Å². The summed E-state index contributed by atoms with van der Waals surface area (Å²) in [5.74, 6) is 2.59. The molecule has 2 aliphatic rings. The van der Waals surface area contributed by atoms with Crippen LogP contribution in [-0.2, 0) is 6.54 Å². The normalized spacial score (nSPS) is 23.5. The summed E-state index contributed by atoms with van der Waals surface area (Å²) in [7, 11) is 2.18. The van der Waals surface area contributed by atoms with Crippen LogP contribution in [0.5, 0.6) is 0 Å². The number of anilines is 1. The highest BCUT2D eigenvalue weighted by Gasteiger charge is 2.31. The molecule has 0 bridgehead atoms. The zero-order valence-corrected chi connectivity index (χ0v) is 21.6. The van der Waals surface area contributed by atoms with Gasteiger partial charge < -0.3 is 20.4 Å². The van der Waals surface area contributed by atoms with Gasteiger partial charge in [-0.2, -0.15) is 0 Å². The van der Waals surface area contributed by atoms with Crippen LogP contribution in [0.1, 0.15) is 33.3 Å². The van der Waals surface area contributed by atoms with E-state index in [-0.39, 0.29) is 24.0 Å². The third-order valence-corrected chi connectivity index (χ3v) is 6.09. The van der Waals surface area contributed by atoms with Gasteiger partial charge in [0.05, 0.1) is 6.54 Å². The van der Waals surface area contributed by atoms with E-state index < -0.39 is 0 Å². The molecule has 2 atom stereocenters. The average molecular weight is 530 g/mol. The van der Waals surface area contributed by atoms with Crippen molar-refractivity contribution in [3.05, 3.63) is 23.9 Å². The van der Waals surface area contributed by atoms with Gasteiger partial charge in [-0.3, -0.25) is 4.90 Å². The Morgan fingerprint density at radius 3 is 2.50 bits per heavy atom. The minimum Gasteiger partial charge on any atom is -0.357 e. The fraction of sp³-hybridized carbons (Fsp3) is 0.727. The first-order valence-electron chi connectivity index (χ1n) is 11.1. The largest absolute Gasteiger partial charge is 0.357 e. The lowest BCUT2D eigenvalue weighted by Crippen LogP contribution is -2.46. The smallest absolute Gasteiger partial charge is 0.191 e. The van der Waals surface area contributed by atoms with Crippen molar-refractivity contribution in [3.63, 3.8) is 0 Å². The Labute approximate surface area is 199 Å². The Hall–Kier alpha value is -1.13. The van der Waals surface area contributed by atoms with E-state index in [1.807, 2.05) is 6.20 Å². The lowest BCUT2D eigenvalue weighted by molar-refractivity contribution is 0.265. The average Bonchev–Trinajstić information content (AvgIpc) is 3.08. The quantitative estimate of drug-likeness (QED) is 0.335. The second-order valence-electron chi connectivity index (χ2n) is 8.79. The summed E-state index contributed by atoms with van der Waals surface area (Å²) < 4.78 is 0. The second-order valence-corrected chi connectivity index (χ2v) is 8.79. The van der Waals surface area contributed by atoms with Crippen LogP contribution in [0.3, 0.4) is 0 Å². The van der Waals surface area contributed by atoms with Gasteiger partial charge in [0.2, 0.25) is 0 Å². The number of halogens is 1. The van der Waals surface area contributed by atoms with Gasteiger partial charge in [0.1, 0.15) is 5.82 Å². The molecule has 2 unspecified atom stereocenters. The number of hydrogen-bond acceptors (Lipinski definition) is 5. The van der Waals surface area contributed by atoms with Gasteiger partial charge in [-0.05, 0) is 45.4 Å².